The number of nitrogens with zero attached hydrogens (tertiary/aromatic N) is 2. The molecule has 4 aliphatic rings. The molecule has 0 unspecified atom stereocenters. The number of fused-ring (bicyclic) bond motifs is 3. The van der Waals surface area contributed by atoms with E-state index in [1.165, 1.54) is 4.90 Å². The topological polar surface area (TPSA) is 182 Å². The van der Waals surface area contributed by atoms with Crippen LogP contribution >= 0.6 is 0 Å². The van der Waals surface area contributed by atoms with Gasteiger partial charge in [0.05, 0.1) is 30.1 Å². The van der Waals surface area contributed by atoms with Gasteiger partial charge in [0.25, 0.3) is 5.91 Å². The van der Waals surface area contributed by atoms with Crippen LogP contribution in [0, 0.1) is 5.92 Å². The summed E-state index contributed by atoms with van der Waals surface area (Å²) in [5.41, 5.74) is -0.195. The maximum atomic E-state index is 14.6. The van der Waals surface area contributed by atoms with Crippen molar-refractivity contribution in [3.8, 4) is 22.8 Å². The third kappa shape index (κ3) is 9.19. The van der Waals surface area contributed by atoms with E-state index >= 15 is 0 Å². The molecule has 3 fully saturated rings. The minimum absolute atomic E-state index is 0.0113. The Hall–Kier alpha value is -5.18. The lowest BCUT2D eigenvalue weighted by atomic mass is 10.0. The predicted octanol–water partition coefficient (Wildman–Crippen LogP) is 5.16. The molecule has 57 heavy (non-hydrogen) atoms. The fourth-order valence-corrected chi connectivity index (χ4v) is 9.00. The van der Waals surface area contributed by atoms with Crippen LogP contribution in [0.4, 0.5) is 4.79 Å². The molecular weight excluding hydrogens is 751 g/mol. The van der Waals surface area contributed by atoms with E-state index in [4.69, 9.17) is 19.2 Å². The van der Waals surface area contributed by atoms with E-state index in [1.54, 1.807) is 33.9 Å². The minimum atomic E-state index is -3.90. The van der Waals surface area contributed by atoms with Crippen molar-refractivity contribution < 1.29 is 41.8 Å². The van der Waals surface area contributed by atoms with Gasteiger partial charge in [-0.15, -0.1) is 0 Å². The van der Waals surface area contributed by atoms with Crippen molar-refractivity contribution in [1.82, 2.24) is 25.2 Å². The number of allylic oxidation sites excluding steroid dienone is 1. The van der Waals surface area contributed by atoms with Gasteiger partial charge < -0.3 is 29.7 Å². The van der Waals surface area contributed by atoms with Gasteiger partial charge >= 0.3 is 6.09 Å². The van der Waals surface area contributed by atoms with Gasteiger partial charge in [0.2, 0.25) is 21.8 Å². The number of pyridine rings is 1. The van der Waals surface area contributed by atoms with Crippen LogP contribution in [0.5, 0.6) is 11.5 Å². The van der Waals surface area contributed by atoms with Gasteiger partial charge in [-0.3, -0.25) is 19.1 Å². The first-order chi connectivity index (χ1) is 27.2. The maximum Gasteiger partial charge on any atom is 0.408 e. The maximum absolute atomic E-state index is 14.6. The molecule has 2 aromatic carbocycles. The Bertz CT molecular complexity index is 2170. The van der Waals surface area contributed by atoms with Crippen LogP contribution in [0.3, 0.4) is 0 Å². The molecule has 4 amide bonds. The standard InChI is InChI=1S/C42H51N5O9S/c1-41(2,3)56-40(51)44-32-16-12-7-5-6-11-15-27-24-42(27,39(50)46-57(52,53)30-18-19-30)45-37(48)35-22-29(25-47(35)38(32)49)55-36-23-33(26-13-9-8-10-14-26)43-34-21-28(54-4)17-20-31(34)36/h8-11,13-15,17,20-21,23,27,29-30,32,35H,5-7,12,16,18-19,22,24-25H2,1-4H3,(H,44,51)(H,45,48)(H,46,50)/t27-,29-,32-,35+,42-/m1/s1. The summed E-state index contributed by atoms with van der Waals surface area (Å²) in [6, 6.07) is 14.8. The fourth-order valence-electron chi connectivity index (χ4n) is 7.63. The van der Waals surface area contributed by atoms with E-state index in [1.807, 2.05) is 60.7 Å². The molecule has 1 aromatic heterocycles. The molecule has 0 bridgehead atoms. The number of nitrogens with one attached hydrogen (secondary N) is 3. The van der Waals surface area contributed by atoms with Crippen molar-refractivity contribution >= 4 is 44.7 Å². The Labute approximate surface area is 333 Å². The molecule has 2 saturated carbocycles. The third-order valence-corrected chi connectivity index (χ3v) is 12.7. The molecule has 15 heteroatoms. The van der Waals surface area contributed by atoms with Crippen molar-refractivity contribution in [2.45, 2.75) is 113 Å². The molecule has 2 aliphatic heterocycles. The molecule has 3 aromatic rings. The summed E-state index contributed by atoms with van der Waals surface area (Å²) in [7, 11) is -2.33. The first kappa shape index (κ1) is 40.0. The average molecular weight is 802 g/mol. The molecule has 3 heterocycles. The Balaban J connectivity index is 1.23. The van der Waals surface area contributed by atoms with Crippen molar-refractivity contribution in [3.05, 3.63) is 66.7 Å². The normalized spacial score (nSPS) is 25.6. The number of carbonyl (C=O) groups is 4. The van der Waals surface area contributed by atoms with Gasteiger partial charge in [0, 0.05) is 35.4 Å². The number of amides is 4. The summed E-state index contributed by atoms with van der Waals surface area (Å²) in [5.74, 6) is -1.24. The van der Waals surface area contributed by atoms with E-state index < -0.39 is 74.3 Å². The number of hydrogen-bond donors (Lipinski definition) is 3. The van der Waals surface area contributed by atoms with E-state index in [0.717, 1.165) is 18.4 Å². The van der Waals surface area contributed by atoms with Crippen molar-refractivity contribution in [3.63, 3.8) is 0 Å². The lowest BCUT2D eigenvalue weighted by molar-refractivity contribution is -0.141. The number of rotatable bonds is 8. The number of benzene rings is 2. The molecule has 1 saturated heterocycles. The number of sulfonamides is 1. The number of ether oxygens (including phenoxy) is 3. The zero-order valence-electron chi connectivity index (χ0n) is 32.8. The summed E-state index contributed by atoms with van der Waals surface area (Å²) < 4.78 is 45.8. The highest BCUT2D eigenvalue weighted by Gasteiger charge is 2.62. The van der Waals surface area contributed by atoms with Crippen LogP contribution in [0.2, 0.25) is 0 Å². The van der Waals surface area contributed by atoms with Gasteiger partial charge in [-0.25, -0.2) is 18.2 Å². The van der Waals surface area contributed by atoms with Crippen LogP contribution < -0.4 is 24.8 Å². The van der Waals surface area contributed by atoms with Gasteiger partial charge in [-0.05, 0) is 71.4 Å². The first-order valence-corrected chi connectivity index (χ1v) is 21.3. The predicted molar refractivity (Wildman–Crippen MR) is 213 cm³/mol. The Morgan fingerprint density at radius 2 is 1.77 bits per heavy atom. The van der Waals surface area contributed by atoms with Crippen molar-refractivity contribution in [1.29, 1.82) is 0 Å². The van der Waals surface area contributed by atoms with E-state index in [-0.39, 0.29) is 19.4 Å². The zero-order chi connectivity index (χ0) is 40.5. The highest BCUT2D eigenvalue weighted by molar-refractivity contribution is 7.91. The van der Waals surface area contributed by atoms with Crippen LogP contribution in [-0.4, -0.2) is 90.3 Å². The first-order valence-electron chi connectivity index (χ1n) is 19.7. The zero-order valence-corrected chi connectivity index (χ0v) is 33.6. The largest absolute Gasteiger partial charge is 0.497 e. The molecule has 0 radical (unpaired) electrons. The Morgan fingerprint density at radius 1 is 1.00 bits per heavy atom. The lowest BCUT2D eigenvalue weighted by Gasteiger charge is -2.30. The highest BCUT2D eigenvalue weighted by Crippen LogP contribution is 2.46. The molecule has 7 rings (SSSR count). The van der Waals surface area contributed by atoms with Crippen LogP contribution in [0.1, 0.15) is 78.6 Å². The van der Waals surface area contributed by atoms with Crippen molar-refractivity contribution in [2.24, 2.45) is 5.92 Å². The van der Waals surface area contributed by atoms with Gasteiger partial charge in [0.15, 0.2) is 0 Å². The SMILES string of the molecule is COc1ccc2c(O[C@@H]3C[C@H]4C(=O)N[C@]5(C(=O)NS(=O)(=O)C6CC6)C[C@H]5C=CCCCCC[C@@H](NC(=O)OC(C)(C)C)C(=O)N4C3)cc(-c3ccccc3)nc2c1. The Kier molecular flexibility index (Phi) is 11.2. The number of aromatic nitrogens is 1. The van der Waals surface area contributed by atoms with Gasteiger partial charge in [-0.2, -0.15) is 0 Å². The van der Waals surface area contributed by atoms with E-state index in [0.29, 0.717) is 60.2 Å². The van der Waals surface area contributed by atoms with Crippen LogP contribution in [0.15, 0.2) is 66.7 Å². The molecule has 2 aliphatic carbocycles. The second-order valence-electron chi connectivity index (χ2n) is 16.4. The Morgan fingerprint density at radius 3 is 2.49 bits per heavy atom. The molecule has 5 atom stereocenters. The highest BCUT2D eigenvalue weighted by atomic mass is 32.2. The summed E-state index contributed by atoms with van der Waals surface area (Å²) in [6.07, 6.45) is 6.73. The second-order valence-corrected chi connectivity index (χ2v) is 18.4. The number of methoxy groups -OCH3 is 1. The monoisotopic (exact) mass is 801 g/mol. The minimum Gasteiger partial charge on any atom is -0.497 e. The lowest BCUT2D eigenvalue weighted by Crippen LogP contribution is -2.58. The number of alkyl carbamates (subject to hydrolysis) is 1. The molecule has 3 N–H and O–H groups in total. The molecule has 0 spiro atoms. The fraction of sp³-hybridized carbons (Fsp3) is 0.500. The molecule has 304 valence electrons. The second kappa shape index (κ2) is 16.0. The van der Waals surface area contributed by atoms with Crippen LogP contribution in [0.25, 0.3) is 22.2 Å². The quantitative estimate of drug-likeness (QED) is 0.258. The summed E-state index contributed by atoms with van der Waals surface area (Å²) in [4.78, 5) is 62.3. The summed E-state index contributed by atoms with van der Waals surface area (Å²) in [5, 5.41) is 5.73. The van der Waals surface area contributed by atoms with E-state index in [2.05, 4.69) is 15.4 Å². The summed E-state index contributed by atoms with van der Waals surface area (Å²) >= 11 is 0. The summed E-state index contributed by atoms with van der Waals surface area (Å²) in [6.45, 7) is 5.19. The van der Waals surface area contributed by atoms with Gasteiger partial charge in [0.1, 0.15) is 40.8 Å². The number of carbonyl (C=O) groups excluding carboxylic acids is 4. The smallest absolute Gasteiger partial charge is 0.408 e. The number of hydrogen-bond acceptors (Lipinski definition) is 10. The third-order valence-electron chi connectivity index (χ3n) is 10.9. The van der Waals surface area contributed by atoms with Gasteiger partial charge in [-0.1, -0.05) is 55.3 Å². The van der Waals surface area contributed by atoms with Crippen molar-refractivity contribution in [2.75, 3.05) is 13.7 Å². The van der Waals surface area contributed by atoms with Crippen LogP contribution in [-0.2, 0) is 29.1 Å². The van der Waals surface area contributed by atoms with E-state index in [9.17, 15) is 27.6 Å². The average Bonchev–Trinajstić information content (AvgIpc) is 4.09. The molecular formula is C42H51N5O9S. The molecule has 14 nitrogen and oxygen atoms in total.